The number of fused-ring (bicyclic) bond motifs is 3. The van der Waals surface area contributed by atoms with Crippen molar-refractivity contribution in [2.45, 2.75) is 86.0 Å². The fourth-order valence-electron chi connectivity index (χ4n) is 9.50. The molecule has 6 aromatic carbocycles. The molecule has 0 saturated heterocycles. The molecule has 12 rings (SSSR count). The van der Waals surface area contributed by atoms with E-state index < -0.39 is 35.3 Å². The summed E-state index contributed by atoms with van der Waals surface area (Å²) in [5, 5.41) is 16.3. The smallest absolute Gasteiger partial charge is 0.476 e. The van der Waals surface area contributed by atoms with E-state index in [0.717, 1.165) is 32.7 Å². The zero-order chi connectivity index (χ0) is 66.7. The van der Waals surface area contributed by atoms with Gasteiger partial charge in [0.25, 0.3) is 0 Å². The predicted molar refractivity (Wildman–Crippen MR) is 355 cm³/mol. The summed E-state index contributed by atoms with van der Waals surface area (Å²) in [6.07, 6.45) is -1.39. The summed E-state index contributed by atoms with van der Waals surface area (Å²) in [5.74, 6) is 0.616. The highest BCUT2D eigenvalue weighted by Gasteiger charge is 2.32. The second-order valence-electron chi connectivity index (χ2n) is 23.9. The Balaban J connectivity index is 0.000000154. The largest absolute Gasteiger partial charge is 0.515 e. The highest BCUT2D eigenvalue weighted by atomic mass is 16.7. The molecule has 0 aliphatic heterocycles. The second kappa shape index (κ2) is 28.1. The molecule has 0 bridgehead atoms. The molecule has 21 nitrogen and oxygen atoms in total. The fraction of sp³-hybridized carbons (Fsp3) is 0.192. The van der Waals surface area contributed by atoms with E-state index in [2.05, 4.69) is 25.3 Å². The number of hydrogen-bond donors (Lipinski definition) is 0. The van der Waals surface area contributed by atoms with Crippen molar-refractivity contribution in [1.82, 2.24) is 44.3 Å². The van der Waals surface area contributed by atoms with Gasteiger partial charge in [-0.2, -0.15) is 24.2 Å². The van der Waals surface area contributed by atoms with Crippen LogP contribution in [-0.2, 0) is 14.2 Å². The van der Waals surface area contributed by atoms with Gasteiger partial charge in [-0.25, -0.2) is 29.3 Å². The molecular formula is C73H67N9O12. The number of para-hydroxylation sites is 6. The zero-order valence-corrected chi connectivity index (χ0v) is 53.3. The number of carbonyl (C=O) groups is 5. The SMILES string of the molecule is CC(C)(C)OC(=O)Oc1c(-c2ccc3ccccc3n2)c(C=O)nn1-c1ccccc1.CC(C)(C)OC(=O)Oc1c(-c2ccc3ccccc3n2)c(C=O)nn1-c1ccccc1.CCOc1nn(-c2ccccc2)c(OC(=O)OC(C)(C)C)c1-c1ccc2ccccc2n1. The van der Waals surface area contributed by atoms with Crippen LogP contribution in [0.3, 0.4) is 0 Å². The first kappa shape index (κ1) is 65.1. The third kappa shape index (κ3) is 15.8. The van der Waals surface area contributed by atoms with Crippen molar-refractivity contribution in [3.05, 3.63) is 212 Å². The van der Waals surface area contributed by atoms with Gasteiger partial charge in [-0.05, 0) is 142 Å². The first-order valence-corrected chi connectivity index (χ1v) is 30.0. The van der Waals surface area contributed by atoms with Gasteiger partial charge in [0.2, 0.25) is 23.5 Å². The maximum atomic E-state index is 12.6. The van der Waals surface area contributed by atoms with Crippen molar-refractivity contribution >= 4 is 63.7 Å². The summed E-state index contributed by atoms with van der Waals surface area (Å²) in [5.41, 5.74) is 4.85. The zero-order valence-electron chi connectivity index (χ0n) is 53.3. The molecule has 0 radical (unpaired) electrons. The summed E-state index contributed by atoms with van der Waals surface area (Å²) in [6.45, 7) is 18.0. The third-order valence-corrected chi connectivity index (χ3v) is 13.3. The monoisotopic (exact) mass is 1260 g/mol. The molecule has 0 saturated carbocycles. The molecule has 0 atom stereocenters. The maximum absolute atomic E-state index is 12.6. The van der Waals surface area contributed by atoms with Crippen LogP contribution >= 0.6 is 0 Å². The van der Waals surface area contributed by atoms with Crippen molar-refractivity contribution in [2.24, 2.45) is 0 Å². The van der Waals surface area contributed by atoms with Crippen LogP contribution in [0.1, 0.15) is 90.2 Å². The Morgan fingerprint density at radius 1 is 0.372 bits per heavy atom. The Hall–Kier alpha value is -11.9. The minimum atomic E-state index is -0.899. The van der Waals surface area contributed by atoms with E-state index in [1.807, 2.05) is 171 Å². The molecule has 21 heteroatoms. The van der Waals surface area contributed by atoms with Gasteiger partial charge < -0.3 is 33.2 Å². The van der Waals surface area contributed by atoms with Crippen LogP contribution in [0, 0.1) is 0 Å². The lowest BCUT2D eigenvalue weighted by molar-refractivity contribution is 0.0180. The fourth-order valence-corrected chi connectivity index (χ4v) is 9.50. The molecule has 6 heterocycles. The van der Waals surface area contributed by atoms with Crippen LogP contribution in [-0.4, -0.2) is 98.7 Å². The number of hydrogen-bond acceptors (Lipinski definition) is 18. The number of benzene rings is 6. The minimum absolute atomic E-state index is 0.0605. The molecular weight excluding hydrogens is 1190 g/mol. The number of carbonyl (C=O) groups excluding carboxylic acids is 5. The highest BCUT2D eigenvalue weighted by Crippen LogP contribution is 2.41. The van der Waals surface area contributed by atoms with E-state index in [9.17, 15) is 24.0 Å². The highest BCUT2D eigenvalue weighted by molar-refractivity contribution is 5.93. The Morgan fingerprint density at radius 2 is 0.660 bits per heavy atom. The first-order valence-electron chi connectivity index (χ1n) is 30.0. The van der Waals surface area contributed by atoms with Gasteiger partial charge in [0.1, 0.15) is 33.8 Å². The van der Waals surface area contributed by atoms with E-state index in [-0.39, 0.29) is 29.0 Å². The molecule has 0 amide bonds. The second-order valence-corrected chi connectivity index (χ2v) is 23.9. The Bertz CT molecular complexity index is 4500. The molecule has 0 N–H and O–H groups in total. The van der Waals surface area contributed by atoms with Crippen LogP contribution in [0.5, 0.6) is 23.5 Å². The van der Waals surface area contributed by atoms with Gasteiger partial charge >= 0.3 is 18.5 Å². The third-order valence-electron chi connectivity index (χ3n) is 13.3. The summed E-state index contributed by atoms with van der Waals surface area (Å²) in [6, 6.07) is 61.7. The lowest BCUT2D eigenvalue weighted by Crippen LogP contribution is -2.26. The van der Waals surface area contributed by atoms with E-state index in [1.165, 1.54) is 14.0 Å². The standard InChI is InChI=1S/C25H25N3O4.2C24H21N3O4/c1-5-30-22-21(20-16-15-17-11-9-10-14-19(17)26-20)23(31-24(29)32-25(2,3)4)28(27-22)18-12-7-6-8-13-18;2*1-24(2,3)31-23(29)30-22-21(19-14-13-16-9-7-8-12-18(16)25-19)20(15-28)26-27(22)17-10-5-4-6-11-17/h6-16H,5H2,1-4H3;2*4-15H,1-3H3. The van der Waals surface area contributed by atoms with Crippen LogP contribution in [0.25, 0.3) is 83.5 Å². The summed E-state index contributed by atoms with van der Waals surface area (Å²) in [7, 11) is 0. The molecule has 6 aromatic heterocycles. The average Bonchev–Trinajstić information content (AvgIpc) is 1.63. The van der Waals surface area contributed by atoms with Crippen LogP contribution in [0.15, 0.2) is 200 Å². The van der Waals surface area contributed by atoms with Crippen molar-refractivity contribution < 1.29 is 57.1 Å². The van der Waals surface area contributed by atoms with Gasteiger partial charge in [0.05, 0.1) is 68.4 Å². The maximum Gasteiger partial charge on any atom is 0.515 e. The molecule has 94 heavy (non-hydrogen) atoms. The summed E-state index contributed by atoms with van der Waals surface area (Å²) < 4.78 is 43.1. The number of aromatic nitrogens is 9. The number of nitrogens with zero attached hydrogens (tertiary/aromatic N) is 9. The number of rotatable bonds is 13. The lowest BCUT2D eigenvalue weighted by atomic mass is 10.1. The van der Waals surface area contributed by atoms with E-state index in [0.29, 0.717) is 75.9 Å². The average molecular weight is 1260 g/mol. The van der Waals surface area contributed by atoms with Crippen molar-refractivity contribution in [3.63, 3.8) is 0 Å². The van der Waals surface area contributed by atoms with Crippen LogP contribution < -0.4 is 18.9 Å². The predicted octanol–water partition coefficient (Wildman–Crippen LogP) is 16.2. The van der Waals surface area contributed by atoms with Crippen LogP contribution in [0.4, 0.5) is 14.4 Å². The van der Waals surface area contributed by atoms with E-state index in [1.54, 1.807) is 98.7 Å². The van der Waals surface area contributed by atoms with Crippen molar-refractivity contribution in [2.75, 3.05) is 6.61 Å². The van der Waals surface area contributed by atoms with Crippen molar-refractivity contribution in [3.8, 4) is 74.4 Å². The van der Waals surface area contributed by atoms with Crippen LogP contribution in [0.2, 0.25) is 0 Å². The molecule has 12 aromatic rings. The first-order chi connectivity index (χ1) is 45.1. The van der Waals surface area contributed by atoms with Gasteiger partial charge in [0.15, 0.2) is 12.6 Å². The Morgan fingerprint density at radius 3 is 0.968 bits per heavy atom. The molecule has 0 aliphatic carbocycles. The molecule has 0 aliphatic rings. The Kier molecular flexibility index (Phi) is 19.5. The quantitative estimate of drug-likeness (QED) is 0.0592. The summed E-state index contributed by atoms with van der Waals surface area (Å²) in [4.78, 5) is 75.5. The topological polar surface area (TPSA) is 242 Å². The van der Waals surface area contributed by atoms with Gasteiger partial charge in [-0.15, -0.1) is 5.10 Å². The number of ether oxygens (including phenoxy) is 7. The molecule has 476 valence electrons. The van der Waals surface area contributed by atoms with Gasteiger partial charge in [0, 0.05) is 16.2 Å². The van der Waals surface area contributed by atoms with Crippen molar-refractivity contribution in [1.29, 1.82) is 0 Å². The normalized spacial score (nSPS) is 11.3. The molecule has 0 fully saturated rings. The Labute approximate surface area is 541 Å². The number of aldehydes is 2. The van der Waals surface area contributed by atoms with E-state index in [4.69, 9.17) is 38.1 Å². The molecule has 0 spiro atoms. The van der Waals surface area contributed by atoms with E-state index >= 15 is 0 Å². The summed E-state index contributed by atoms with van der Waals surface area (Å²) >= 11 is 0. The number of pyridine rings is 3. The lowest BCUT2D eigenvalue weighted by Gasteiger charge is -2.19. The van der Waals surface area contributed by atoms with Gasteiger partial charge in [-0.1, -0.05) is 127 Å². The van der Waals surface area contributed by atoms with Gasteiger partial charge in [-0.3, -0.25) is 9.59 Å². The minimum Gasteiger partial charge on any atom is -0.476 e. The molecule has 0 unspecified atom stereocenters.